The number of hydrogen-bond donors (Lipinski definition) is 3. The predicted molar refractivity (Wildman–Crippen MR) is 90.2 cm³/mol. The Hall–Kier alpha value is -2.97. The number of nitrogens with zero attached hydrogens (tertiary/aromatic N) is 1. The molecule has 0 atom stereocenters. The van der Waals surface area contributed by atoms with Gasteiger partial charge in [0.05, 0.1) is 10.7 Å². The van der Waals surface area contributed by atoms with Crippen LogP contribution in [-0.4, -0.2) is 11.0 Å². The first-order valence-corrected chi connectivity index (χ1v) is 7.11. The van der Waals surface area contributed by atoms with Crippen molar-refractivity contribution in [3.05, 3.63) is 64.8 Å². The number of halogens is 1. The average Bonchev–Trinajstić information content (AvgIpc) is 2.52. The summed E-state index contributed by atoms with van der Waals surface area (Å²) >= 11 is 5.97. The van der Waals surface area contributed by atoms with Crippen LogP contribution in [0, 0.1) is 18.3 Å². The van der Waals surface area contributed by atoms with Crippen LogP contribution in [0.3, 0.4) is 0 Å². The minimum Gasteiger partial charge on any atom is -0.508 e. The lowest BCUT2D eigenvalue weighted by Gasteiger charge is -2.08. The fourth-order valence-electron chi connectivity index (χ4n) is 1.86. The standard InChI is InChI=1S/C17H14ClN3O2/c1-11-8-13(22)6-7-15(11)20-10-12(9-19)17(23)21-16-5-3-2-4-14(16)18/h2-8,10,20,22H,1H3,(H,21,23)/b12-10-. The zero-order chi connectivity index (χ0) is 16.8. The first-order chi connectivity index (χ1) is 11.0. The number of phenolic OH excluding ortho intramolecular Hbond substituents is 1. The third-order valence-electron chi connectivity index (χ3n) is 3.07. The van der Waals surface area contributed by atoms with Gasteiger partial charge in [0.25, 0.3) is 5.91 Å². The molecule has 0 aliphatic heterocycles. The lowest BCUT2D eigenvalue weighted by Crippen LogP contribution is -2.14. The van der Waals surface area contributed by atoms with Crippen molar-refractivity contribution in [1.82, 2.24) is 0 Å². The molecule has 2 rings (SSSR count). The van der Waals surface area contributed by atoms with Gasteiger partial charge in [-0.15, -0.1) is 0 Å². The van der Waals surface area contributed by atoms with E-state index in [-0.39, 0.29) is 11.3 Å². The van der Waals surface area contributed by atoms with E-state index in [9.17, 15) is 9.90 Å². The Balaban J connectivity index is 2.14. The second kappa shape index (κ2) is 7.34. The maximum atomic E-state index is 12.1. The molecule has 0 bridgehead atoms. The largest absolute Gasteiger partial charge is 0.508 e. The number of carbonyl (C=O) groups is 1. The summed E-state index contributed by atoms with van der Waals surface area (Å²) in [6.45, 7) is 1.80. The lowest BCUT2D eigenvalue weighted by molar-refractivity contribution is -0.112. The minimum atomic E-state index is -0.565. The number of benzene rings is 2. The number of carbonyl (C=O) groups excluding carboxylic acids is 1. The third-order valence-corrected chi connectivity index (χ3v) is 3.40. The number of rotatable bonds is 4. The second-order valence-electron chi connectivity index (χ2n) is 4.75. The molecule has 2 aromatic carbocycles. The number of nitriles is 1. The van der Waals surface area contributed by atoms with Crippen LogP contribution < -0.4 is 10.6 Å². The summed E-state index contributed by atoms with van der Waals surface area (Å²) < 4.78 is 0. The molecule has 0 spiro atoms. The molecular formula is C17H14ClN3O2. The van der Waals surface area contributed by atoms with Crippen molar-refractivity contribution in [2.24, 2.45) is 0 Å². The van der Waals surface area contributed by atoms with E-state index in [4.69, 9.17) is 16.9 Å². The molecule has 5 nitrogen and oxygen atoms in total. The Morgan fingerprint density at radius 1 is 1.26 bits per heavy atom. The molecule has 1 amide bonds. The summed E-state index contributed by atoms with van der Waals surface area (Å²) in [6, 6.07) is 13.3. The van der Waals surface area contributed by atoms with Crippen molar-refractivity contribution in [3.63, 3.8) is 0 Å². The van der Waals surface area contributed by atoms with Crippen LogP contribution in [0.1, 0.15) is 5.56 Å². The molecule has 0 aromatic heterocycles. The third kappa shape index (κ3) is 4.25. The number of aromatic hydroxyl groups is 1. The smallest absolute Gasteiger partial charge is 0.267 e. The number of nitrogens with one attached hydrogen (secondary N) is 2. The van der Waals surface area contributed by atoms with Crippen LogP contribution in [0.4, 0.5) is 11.4 Å². The maximum absolute atomic E-state index is 12.1. The van der Waals surface area contributed by atoms with Crippen LogP contribution in [-0.2, 0) is 4.79 Å². The molecule has 0 aliphatic rings. The van der Waals surface area contributed by atoms with Gasteiger partial charge in [-0.2, -0.15) is 5.26 Å². The van der Waals surface area contributed by atoms with Crippen LogP contribution in [0.25, 0.3) is 0 Å². The van der Waals surface area contributed by atoms with Gasteiger partial charge in [0.2, 0.25) is 0 Å². The van der Waals surface area contributed by atoms with E-state index < -0.39 is 5.91 Å². The van der Waals surface area contributed by atoms with Crippen molar-refractivity contribution < 1.29 is 9.90 Å². The lowest BCUT2D eigenvalue weighted by atomic mass is 10.2. The summed E-state index contributed by atoms with van der Waals surface area (Å²) in [5, 5.41) is 24.4. The fraction of sp³-hybridized carbons (Fsp3) is 0.0588. The number of para-hydroxylation sites is 1. The van der Waals surface area contributed by atoms with Crippen molar-refractivity contribution in [2.75, 3.05) is 10.6 Å². The van der Waals surface area contributed by atoms with Crippen molar-refractivity contribution in [3.8, 4) is 11.8 Å². The molecule has 3 N–H and O–H groups in total. The topological polar surface area (TPSA) is 85.2 Å². The number of phenols is 1. The summed E-state index contributed by atoms with van der Waals surface area (Å²) in [5.74, 6) is -0.418. The van der Waals surface area contributed by atoms with Crippen LogP contribution >= 0.6 is 11.6 Å². The SMILES string of the molecule is Cc1cc(O)ccc1N/C=C(/C#N)C(=O)Nc1ccccc1Cl. The van der Waals surface area contributed by atoms with Crippen molar-refractivity contribution >= 4 is 28.9 Å². The zero-order valence-corrected chi connectivity index (χ0v) is 13.1. The molecule has 0 saturated carbocycles. The number of aryl methyl sites for hydroxylation is 1. The highest BCUT2D eigenvalue weighted by atomic mass is 35.5. The molecule has 6 heteroatoms. The highest BCUT2D eigenvalue weighted by molar-refractivity contribution is 6.33. The van der Waals surface area contributed by atoms with Gasteiger partial charge < -0.3 is 15.7 Å². The highest BCUT2D eigenvalue weighted by Crippen LogP contribution is 2.22. The molecule has 0 unspecified atom stereocenters. The summed E-state index contributed by atoms with van der Waals surface area (Å²) in [4.78, 5) is 12.1. The molecule has 0 aliphatic carbocycles. The van der Waals surface area contributed by atoms with Gasteiger partial charge in [-0.25, -0.2) is 0 Å². The van der Waals surface area contributed by atoms with Gasteiger partial charge in [0.1, 0.15) is 17.4 Å². The Kier molecular flexibility index (Phi) is 5.23. The van der Waals surface area contributed by atoms with E-state index in [2.05, 4.69) is 10.6 Å². The number of hydrogen-bond acceptors (Lipinski definition) is 4. The van der Waals surface area contributed by atoms with Crippen LogP contribution in [0.15, 0.2) is 54.2 Å². The Labute approximate surface area is 138 Å². The van der Waals surface area contributed by atoms with E-state index >= 15 is 0 Å². The maximum Gasteiger partial charge on any atom is 0.267 e. The van der Waals surface area contributed by atoms with E-state index in [1.165, 1.54) is 12.3 Å². The van der Waals surface area contributed by atoms with Crippen LogP contribution in [0.5, 0.6) is 5.75 Å². The monoisotopic (exact) mass is 327 g/mol. The van der Waals surface area contributed by atoms with E-state index in [0.29, 0.717) is 16.4 Å². The number of amides is 1. The molecule has 2 aromatic rings. The van der Waals surface area contributed by atoms with Crippen molar-refractivity contribution in [1.29, 1.82) is 5.26 Å². The molecular weight excluding hydrogens is 314 g/mol. The fourth-order valence-corrected chi connectivity index (χ4v) is 2.04. The summed E-state index contributed by atoms with van der Waals surface area (Å²) in [7, 11) is 0. The predicted octanol–water partition coefficient (Wildman–Crippen LogP) is 3.81. The molecule has 0 fully saturated rings. The second-order valence-corrected chi connectivity index (χ2v) is 5.15. The zero-order valence-electron chi connectivity index (χ0n) is 12.3. The Morgan fingerprint density at radius 3 is 2.65 bits per heavy atom. The van der Waals surface area contributed by atoms with Gasteiger partial charge in [0, 0.05) is 11.9 Å². The average molecular weight is 328 g/mol. The molecule has 116 valence electrons. The van der Waals surface area contributed by atoms with E-state index in [0.717, 1.165) is 5.56 Å². The molecule has 23 heavy (non-hydrogen) atoms. The minimum absolute atomic E-state index is 0.0996. The van der Waals surface area contributed by atoms with Gasteiger partial charge in [-0.05, 0) is 42.8 Å². The van der Waals surface area contributed by atoms with Crippen molar-refractivity contribution in [2.45, 2.75) is 6.92 Å². The van der Waals surface area contributed by atoms with Gasteiger partial charge in [-0.1, -0.05) is 23.7 Å². The molecule has 0 heterocycles. The number of anilines is 2. The highest BCUT2D eigenvalue weighted by Gasteiger charge is 2.11. The summed E-state index contributed by atoms with van der Waals surface area (Å²) in [6.07, 6.45) is 1.31. The first kappa shape index (κ1) is 16.4. The van der Waals surface area contributed by atoms with Crippen LogP contribution in [0.2, 0.25) is 5.02 Å². The first-order valence-electron chi connectivity index (χ1n) is 6.73. The van der Waals surface area contributed by atoms with Gasteiger partial charge in [-0.3, -0.25) is 4.79 Å². The Bertz CT molecular complexity index is 810. The van der Waals surface area contributed by atoms with Gasteiger partial charge >= 0.3 is 0 Å². The summed E-state index contributed by atoms with van der Waals surface area (Å²) in [5.41, 5.74) is 1.80. The van der Waals surface area contributed by atoms with E-state index in [1.807, 2.05) is 6.07 Å². The van der Waals surface area contributed by atoms with Gasteiger partial charge in [0.15, 0.2) is 0 Å². The molecule has 0 radical (unpaired) electrons. The Morgan fingerprint density at radius 2 is 2.00 bits per heavy atom. The quantitative estimate of drug-likeness (QED) is 0.453. The van der Waals surface area contributed by atoms with E-state index in [1.54, 1.807) is 43.3 Å². The molecule has 0 saturated heterocycles. The normalized spacial score (nSPS) is 10.7.